The standard InChI is InChI=1S/C13H14BrN3O/c1-9-3-4-11(5-12(9)14)13(18)15-6-10-7-16-17(2)8-10/h3-5,7-8H,6H2,1-2H3,(H,15,18). The second-order valence-electron chi connectivity index (χ2n) is 4.17. The third kappa shape index (κ3) is 2.98. The summed E-state index contributed by atoms with van der Waals surface area (Å²) in [5.74, 6) is -0.0837. The van der Waals surface area contributed by atoms with Crippen LogP contribution in [-0.2, 0) is 13.6 Å². The molecule has 94 valence electrons. The molecule has 0 spiro atoms. The van der Waals surface area contributed by atoms with Gasteiger partial charge in [0.25, 0.3) is 5.91 Å². The number of carbonyl (C=O) groups is 1. The minimum atomic E-state index is -0.0837. The number of rotatable bonds is 3. The van der Waals surface area contributed by atoms with Crippen molar-refractivity contribution in [2.45, 2.75) is 13.5 Å². The van der Waals surface area contributed by atoms with Crippen molar-refractivity contribution >= 4 is 21.8 Å². The van der Waals surface area contributed by atoms with Crippen molar-refractivity contribution in [2.75, 3.05) is 0 Å². The van der Waals surface area contributed by atoms with Crippen molar-refractivity contribution in [2.24, 2.45) is 7.05 Å². The Morgan fingerprint density at radius 1 is 1.50 bits per heavy atom. The number of aromatic nitrogens is 2. The molecule has 0 radical (unpaired) electrons. The predicted octanol–water partition coefficient (Wildman–Crippen LogP) is 2.42. The molecular weight excluding hydrogens is 294 g/mol. The van der Waals surface area contributed by atoms with E-state index in [1.54, 1.807) is 10.9 Å². The summed E-state index contributed by atoms with van der Waals surface area (Å²) in [6.07, 6.45) is 3.62. The van der Waals surface area contributed by atoms with Crippen LogP contribution in [0.4, 0.5) is 0 Å². The lowest BCUT2D eigenvalue weighted by molar-refractivity contribution is 0.0951. The fourth-order valence-electron chi connectivity index (χ4n) is 1.58. The number of aryl methyl sites for hydroxylation is 2. The van der Waals surface area contributed by atoms with Crippen LogP contribution < -0.4 is 5.32 Å². The van der Waals surface area contributed by atoms with E-state index in [1.807, 2.05) is 38.4 Å². The quantitative estimate of drug-likeness (QED) is 0.946. The minimum Gasteiger partial charge on any atom is -0.348 e. The first-order valence-electron chi connectivity index (χ1n) is 5.58. The normalized spacial score (nSPS) is 10.4. The lowest BCUT2D eigenvalue weighted by Gasteiger charge is -2.05. The van der Waals surface area contributed by atoms with Crippen LogP contribution in [0, 0.1) is 6.92 Å². The Balaban J connectivity index is 2.01. The van der Waals surface area contributed by atoms with Gasteiger partial charge in [-0.05, 0) is 24.6 Å². The first-order chi connectivity index (χ1) is 8.56. The molecule has 1 aromatic carbocycles. The topological polar surface area (TPSA) is 46.9 Å². The summed E-state index contributed by atoms with van der Waals surface area (Å²) in [6, 6.07) is 5.57. The minimum absolute atomic E-state index is 0.0837. The fourth-order valence-corrected chi connectivity index (χ4v) is 1.96. The van der Waals surface area contributed by atoms with Crippen LogP contribution in [0.25, 0.3) is 0 Å². The van der Waals surface area contributed by atoms with E-state index in [-0.39, 0.29) is 5.91 Å². The van der Waals surface area contributed by atoms with Gasteiger partial charge in [-0.3, -0.25) is 9.48 Å². The molecule has 0 saturated heterocycles. The predicted molar refractivity (Wildman–Crippen MR) is 73.3 cm³/mol. The maximum atomic E-state index is 11.9. The monoisotopic (exact) mass is 307 g/mol. The van der Waals surface area contributed by atoms with Crippen LogP contribution in [0.3, 0.4) is 0 Å². The number of halogens is 1. The molecule has 0 fully saturated rings. The molecule has 18 heavy (non-hydrogen) atoms. The Labute approximate surface area is 114 Å². The summed E-state index contributed by atoms with van der Waals surface area (Å²) >= 11 is 3.42. The highest BCUT2D eigenvalue weighted by Gasteiger charge is 2.07. The van der Waals surface area contributed by atoms with Gasteiger partial charge in [0.05, 0.1) is 6.20 Å². The van der Waals surface area contributed by atoms with Crippen molar-refractivity contribution in [1.82, 2.24) is 15.1 Å². The van der Waals surface area contributed by atoms with Gasteiger partial charge in [-0.15, -0.1) is 0 Å². The Kier molecular flexibility index (Phi) is 3.81. The second kappa shape index (κ2) is 5.35. The number of carbonyl (C=O) groups excluding carboxylic acids is 1. The van der Waals surface area contributed by atoms with Gasteiger partial charge in [-0.1, -0.05) is 22.0 Å². The lowest BCUT2D eigenvalue weighted by atomic mass is 10.1. The number of hydrogen-bond acceptors (Lipinski definition) is 2. The summed E-state index contributed by atoms with van der Waals surface area (Å²) < 4.78 is 2.65. The number of amides is 1. The molecule has 4 nitrogen and oxygen atoms in total. The van der Waals surface area contributed by atoms with E-state index in [2.05, 4.69) is 26.3 Å². The Morgan fingerprint density at radius 3 is 2.89 bits per heavy atom. The average Bonchev–Trinajstić information content (AvgIpc) is 2.75. The highest BCUT2D eigenvalue weighted by atomic mass is 79.9. The molecule has 0 aliphatic carbocycles. The van der Waals surface area contributed by atoms with Crippen molar-refractivity contribution in [1.29, 1.82) is 0 Å². The molecule has 0 saturated carbocycles. The SMILES string of the molecule is Cc1ccc(C(=O)NCc2cnn(C)c2)cc1Br. The van der Waals surface area contributed by atoms with E-state index in [4.69, 9.17) is 0 Å². The zero-order valence-electron chi connectivity index (χ0n) is 10.3. The van der Waals surface area contributed by atoms with Crippen LogP contribution >= 0.6 is 15.9 Å². The van der Waals surface area contributed by atoms with Gasteiger partial charge in [-0.2, -0.15) is 5.10 Å². The van der Waals surface area contributed by atoms with Gasteiger partial charge in [0, 0.05) is 35.4 Å². The molecule has 0 bridgehead atoms. The van der Waals surface area contributed by atoms with Gasteiger partial charge in [0.1, 0.15) is 0 Å². The van der Waals surface area contributed by atoms with Crippen LogP contribution in [0.2, 0.25) is 0 Å². The summed E-state index contributed by atoms with van der Waals surface area (Å²) in [4.78, 5) is 11.9. The van der Waals surface area contributed by atoms with E-state index >= 15 is 0 Å². The summed E-state index contributed by atoms with van der Waals surface area (Å²) in [5, 5.41) is 6.91. The Morgan fingerprint density at radius 2 is 2.28 bits per heavy atom. The third-order valence-corrected chi connectivity index (χ3v) is 3.50. The van der Waals surface area contributed by atoms with Crippen LogP contribution in [-0.4, -0.2) is 15.7 Å². The molecule has 1 N–H and O–H groups in total. The van der Waals surface area contributed by atoms with Crippen molar-refractivity contribution in [3.63, 3.8) is 0 Å². The molecule has 1 aromatic heterocycles. The molecule has 2 rings (SSSR count). The largest absolute Gasteiger partial charge is 0.348 e. The van der Waals surface area contributed by atoms with Crippen LogP contribution in [0.1, 0.15) is 21.5 Å². The number of benzene rings is 1. The van der Waals surface area contributed by atoms with Gasteiger partial charge < -0.3 is 5.32 Å². The zero-order valence-corrected chi connectivity index (χ0v) is 11.9. The molecule has 0 aliphatic heterocycles. The molecule has 5 heteroatoms. The molecule has 1 amide bonds. The first-order valence-corrected chi connectivity index (χ1v) is 6.37. The number of nitrogens with one attached hydrogen (secondary N) is 1. The smallest absolute Gasteiger partial charge is 0.251 e. The summed E-state index contributed by atoms with van der Waals surface area (Å²) in [6.45, 7) is 2.47. The maximum Gasteiger partial charge on any atom is 0.251 e. The van der Waals surface area contributed by atoms with E-state index in [0.29, 0.717) is 12.1 Å². The van der Waals surface area contributed by atoms with Gasteiger partial charge in [-0.25, -0.2) is 0 Å². The molecule has 0 aliphatic rings. The lowest BCUT2D eigenvalue weighted by Crippen LogP contribution is -2.22. The van der Waals surface area contributed by atoms with Crippen molar-refractivity contribution in [3.8, 4) is 0 Å². The Hall–Kier alpha value is -1.62. The molecular formula is C13H14BrN3O. The Bertz CT molecular complexity index is 577. The van der Waals surface area contributed by atoms with Crippen LogP contribution in [0.15, 0.2) is 35.1 Å². The van der Waals surface area contributed by atoms with Crippen molar-refractivity contribution < 1.29 is 4.79 Å². The molecule has 0 unspecified atom stereocenters. The highest BCUT2D eigenvalue weighted by Crippen LogP contribution is 2.17. The number of hydrogen-bond donors (Lipinski definition) is 1. The van der Waals surface area contributed by atoms with E-state index in [0.717, 1.165) is 15.6 Å². The van der Waals surface area contributed by atoms with E-state index < -0.39 is 0 Å². The van der Waals surface area contributed by atoms with Gasteiger partial charge >= 0.3 is 0 Å². The number of nitrogens with zero attached hydrogens (tertiary/aromatic N) is 2. The second-order valence-corrected chi connectivity index (χ2v) is 5.02. The first kappa shape index (κ1) is 12.8. The van der Waals surface area contributed by atoms with Crippen LogP contribution in [0.5, 0.6) is 0 Å². The average molecular weight is 308 g/mol. The van der Waals surface area contributed by atoms with Crippen molar-refractivity contribution in [3.05, 3.63) is 51.8 Å². The summed E-state index contributed by atoms with van der Waals surface area (Å²) in [5.41, 5.74) is 2.74. The maximum absolute atomic E-state index is 11.9. The summed E-state index contributed by atoms with van der Waals surface area (Å²) in [7, 11) is 1.85. The van der Waals surface area contributed by atoms with E-state index in [1.165, 1.54) is 0 Å². The molecule has 2 aromatic rings. The van der Waals surface area contributed by atoms with E-state index in [9.17, 15) is 4.79 Å². The zero-order chi connectivity index (χ0) is 13.1. The van der Waals surface area contributed by atoms with Gasteiger partial charge in [0.2, 0.25) is 0 Å². The third-order valence-electron chi connectivity index (χ3n) is 2.65. The van der Waals surface area contributed by atoms with Gasteiger partial charge in [0.15, 0.2) is 0 Å². The molecule has 0 atom stereocenters. The molecule has 1 heterocycles. The highest BCUT2D eigenvalue weighted by molar-refractivity contribution is 9.10. The fraction of sp³-hybridized carbons (Fsp3) is 0.231.